The Bertz CT molecular complexity index is 886. The van der Waals surface area contributed by atoms with E-state index in [4.69, 9.17) is 0 Å². The van der Waals surface area contributed by atoms with Crippen molar-refractivity contribution in [3.63, 3.8) is 0 Å². The van der Waals surface area contributed by atoms with Crippen molar-refractivity contribution in [2.24, 2.45) is 5.92 Å². The van der Waals surface area contributed by atoms with E-state index in [1.54, 1.807) is 0 Å². The van der Waals surface area contributed by atoms with E-state index in [0.29, 0.717) is 16.6 Å². The second-order valence-electron chi connectivity index (χ2n) is 6.50. The van der Waals surface area contributed by atoms with E-state index in [-0.39, 0.29) is 10.8 Å². The molecule has 2 aromatic rings. The van der Waals surface area contributed by atoms with Gasteiger partial charge in [0.05, 0.1) is 10.6 Å². The minimum absolute atomic E-state index is 0.160. The molecule has 1 amide bonds. The zero-order valence-electron chi connectivity index (χ0n) is 14.4. The van der Waals surface area contributed by atoms with Crippen molar-refractivity contribution in [3.8, 4) is 0 Å². The number of aryl methyl sites for hydroxylation is 1. The molecule has 6 nitrogen and oxygen atoms in total. The number of anilines is 1. The van der Waals surface area contributed by atoms with Gasteiger partial charge in [-0.15, -0.1) is 11.3 Å². The molecule has 1 atom stereocenters. The van der Waals surface area contributed by atoms with E-state index < -0.39 is 10.0 Å². The molecule has 0 fully saturated rings. The van der Waals surface area contributed by atoms with Crippen molar-refractivity contribution in [2.75, 3.05) is 19.4 Å². The lowest BCUT2D eigenvalue weighted by atomic mass is 9.93. The van der Waals surface area contributed by atoms with Crippen molar-refractivity contribution in [1.82, 2.24) is 9.29 Å². The van der Waals surface area contributed by atoms with Crippen molar-refractivity contribution in [2.45, 2.75) is 31.1 Å². The fraction of sp³-hybridized carbons (Fsp3) is 0.412. The normalized spacial score (nSPS) is 17.4. The van der Waals surface area contributed by atoms with E-state index in [2.05, 4.69) is 17.2 Å². The Morgan fingerprint density at radius 2 is 1.96 bits per heavy atom. The third-order valence-electron chi connectivity index (χ3n) is 4.30. The summed E-state index contributed by atoms with van der Waals surface area (Å²) in [7, 11) is -0.548. The molecule has 1 N–H and O–H groups in total. The fourth-order valence-corrected chi connectivity index (χ4v) is 4.82. The molecule has 0 radical (unpaired) electrons. The smallest absolute Gasteiger partial charge is 0.257 e. The van der Waals surface area contributed by atoms with Crippen LogP contribution in [0.15, 0.2) is 29.2 Å². The number of benzene rings is 1. The lowest BCUT2D eigenvalue weighted by Crippen LogP contribution is -2.22. The number of carbonyl (C=O) groups is 1. The SMILES string of the molecule is CC1CCc2nc(NC(=O)c3ccc(S(=O)(=O)N(C)C)cc3)sc2C1. The van der Waals surface area contributed by atoms with Gasteiger partial charge in [0.2, 0.25) is 10.0 Å². The van der Waals surface area contributed by atoms with Crippen LogP contribution in [0.3, 0.4) is 0 Å². The molecule has 0 saturated carbocycles. The highest BCUT2D eigenvalue weighted by molar-refractivity contribution is 7.89. The zero-order valence-corrected chi connectivity index (χ0v) is 16.1. The van der Waals surface area contributed by atoms with Crippen LogP contribution in [0.4, 0.5) is 5.13 Å². The third kappa shape index (κ3) is 3.75. The van der Waals surface area contributed by atoms with E-state index in [9.17, 15) is 13.2 Å². The molecule has 8 heteroatoms. The Morgan fingerprint density at radius 3 is 2.60 bits per heavy atom. The van der Waals surface area contributed by atoms with Gasteiger partial charge in [0.15, 0.2) is 5.13 Å². The molecular weight excluding hydrogens is 358 g/mol. The van der Waals surface area contributed by atoms with Gasteiger partial charge in [-0.25, -0.2) is 17.7 Å². The minimum atomic E-state index is -3.49. The molecule has 1 aromatic carbocycles. The summed E-state index contributed by atoms with van der Waals surface area (Å²) in [6.07, 6.45) is 3.10. The second-order valence-corrected chi connectivity index (χ2v) is 9.74. The van der Waals surface area contributed by atoms with Crippen molar-refractivity contribution >= 4 is 32.4 Å². The third-order valence-corrected chi connectivity index (χ3v) is 7.17. The zero-order chi connectivity index (χ0) is 18.2. The van der Waals surface area contributed by atoms with E-state index in [1.165, 1.54) is 54.6 Å². The molecule has 1 heterocycles. The predicted octanol–water partition coefficient (Wildman–Crippen LogP) is 2.77. The average Bonchev–Trinajstić information content (AvgIpc) is 2.96. The largest absolute Gasteiger partial charge is 0.298 e. The van der Waals surface area contributed by atoms with Crippen LogP contribution in [0.1, 0.15) is 34.3 Å². The molecule has 1 unspecified atom stereocenters. The molecule has 25 heavy (non-hydrogen) atoms. The number of sulfonamides is 1. The first-order valence-corrected chi connectivity index (χ1v) is 10.4. The molecule has 1 aliphatic rings. The lowest BCUT2D eigenvalue weighted by molar-refractivity contribution is 0.102. The first-order chi connectivity index (χ1) is 11.8. The Hall–Kier alpha value is -1.77. The maximum Gasteiger partial charge on any atom is 0.257 e. The van der Waals surface area contributed by atoms with Crippen LogP contribution in [0.25, 0.3) is 0 Å². The number of aromatic nitrogens is 1. The molecule has 134 valence electrons. The number of thiazole rings is 1. The van der Waals surface area contributed by atoms with Gasteiger partial charge in [0.1, 0.15) is 0 Å². The number of hydrogen-bond acceptors (Lipinski definition) is 5. The summed E-state index contributed by atoms with van der Waals surface area (Å²) in [6, 6.07) is 5.92. The number of hydrogen-bond donors (Lipinski definition) is 1. The van der Waals surface area contributed by atoms with Crippen LogP contribution in [-0.2, 0) is 22.9 Å². The Balaban J connectivity index is 1.74. The van der Waals surface area contributed by atoms with Crippen LogP contribution >= 0.6 is 11.3 Å². The van der Waals surface area contributed by atoms with Gasteiger partial charge in [-0.05, 0) is 49.4 Å². The first-order valence-electron chi connectivity index (χ1n) is 8.10. The first kappa shape index (κ1) is 18.0. The average molecular weight is 380 g/mol. The van der Waals surface area contributed by atoms with Gasteiger partial charge >= 0.3 is 0 Å². The number of nitrogens with one attached hydrogen (secondary N) is 1. The van der Waals surface area contributed by atoms with E-state index in [0.717, 1.165) is 29.3 Å². The van der Waals surface area contributed by atoms with Gasteiger partial charge in [0, 0.05) is 24.5 Å². The monoisotopic (exact) mass is 379 g/mol. The van der Waals surface area contributed by atoms with Gasteiger partial charge in [0.25, 0.3) is 5.91 Å². The number of rotatable bonds is 4. The van der Waals surface area contributed by atoms with Crippen LogP contribution in [0, 0.1) is 5.92 Å². The van der Waals surface area contributed by atoms with Gasteiger partial charge < -0.3 is 0 Å². The summed E-state index contributed by atoms with van der Waals surface area (Å²) in [5, 5.41) is 3.43. The lowest BCUT2D eigenvalue weighted by Gasteiger charge is -2.15. The van der Waals surface area contributed by atoms with Crippen molar-refractivity contribution in [1.29, 1.82) is 0 Å². The predicted molar refractivity (Wildman–Crippen MR) is 98.6 cm³/mol. The van der Waals surface area contributed by atoms with Gasteiger partial charge in [-0.3, -0.25) is 10.1 Å². The summed E-state index contributed by atoms with van der Waals surface area (Å²) in [6.45, 7) is 2.23. The highest BCUT2D eigenvalue weighted by atomic mass is 32.2. The molecule has 0 saturated heterocycles. The molecule has 1 aliphatic carbocycles. The molecule has 1 aromatic heterocycles. The minimum Gasteiger partial charge on any atom is -0.298 e. The second kappa shape index (κ2) is 6.86. The van der Waals surface area contributed by atoms with Crippen molar-refractivity contribution in [3.05, 3.63) is 40.4 Å². The standard InChI is InChI=1S/C17H21N3O3S2/c1-11-4-9-14-15(10-11)24-17(18-14)19-16(21)12-5-7-13(8-6-12)25(22,23)20(2)3/h5-8,11H,4,9-10H2,1-3H3,(H,18,19,21). The van der Waals surface area contributed by atoms with Gasteiger partial charge in [-0.1, -0.05) is 6.92 Å². The quantitative estimate of drug-likeness (QED) is 0.886. The molecule has 0 spiro atoms. The number of amides is 1. The highest BCUT2D eigenvalue weighted by Gasteiger charge is 2.21. The van der Waals surface area contributed by atoms with Crippen LogP contribution in [-0.4, -0.2) is 37.7 Å². The summed E-state index contributed by atoms with van der Waals surface area (Å²) in [5.41, 5.74) is 1.49. The summed E-state index contributed by atoms with van der Waals surface area (Å²) < 4.78 is 25.3. The Labute approximate surface area is 151 Å². The highest BCUT2D eigenvalue weighted by Crippen LogP contribution is 2.32. The number of fused-ring (bicyclic) bond motifs is 1. The Morgan fingerprint density at radius 1 is 1.28 bits per heavy atom. The maximum absolute atomic E-state index is 12.4. The fourth-order valence-electron chi connectivity index (χ4n) is 2.75. The Kier molecular flexibility index (Phi) is 4.95. The molecule has 0 aliphatic heterocycles. The van der Waals surface area contributed by atoms with Gasteiger partial charge in [-0.2, -0.15) is 0 Å². The van der Waals surface area contributed by atoms with E-state index in [1.807, 2.05) is 0 Å². The maximum atomic E-state index is 12.4. The van der Waals surface area contributed by atoms with Crippen LogP contribution in [0.2, 0.25) is 0 Å². The topological polar surface area (TPSA) is 79.4 Å². The summed E-state index contributed by atoms with van der Waals surface area (Å²) in [5.74, 6) is 0.371. The van der Waals surface area contributed by atoms with Crippen LogP contribution in [0.5, 0.6) is 0 Å². The number of carbonyl (C=O) groups excluding carboxylic acids is 1. The summed E-state index contributed by atoms with van der Waals surface area (Å²) in [4.78, 5) is 18.3. The van der Waals surface area contributed by atoms with E-state index >= 15 is 0 Å². The molecular formula is C17H21N3O3S2. The van der Waals surface area contributed by atoms with Crippen LogP contribution < -0.4 is 5.32 Å². The number of nitrogens with zero attached hydrogens (tertiary/aromatic N) is 2. The van der Waals surface area contributed by atoms with Crippen molar-refractivity contribution < 1.29 is 13.2 Å². The summed E-state index contributed by atoms with van der Waals surface area (Å²) >= 11 is 1.53. The molecule has 0 bridgehead atoms. The molecule has 3 rings (SSSR count).